The molecular weight excluding hydrogens is 270 g/mol. The SMILES string of the molecule is COC(=O)Cc1ccc(OCC(=O)N[C@H](C)C2CC2)cc1. The average molecular weight is 291 g/mol. The number of hydrogen-bond acceptors (Lipinski definition) is 4. The van der Waals surface area contributed by atoms with Crippen LogP contribution in [-0.2, 0) is 20.7 Å². The van der Waals surface area contributed by atoms with E-state index in [0.717, 1.165) is 5.56 Å². The number of esters is 1. The fourth-order valence-electron chi connectivity index (χ4n) is 2.10. The first-order valence-corrected chi connectivity index (χ1v) is 7.16. The molecule has 0 bridgehead atoms. The molecule has 0 spiro atoms. The Labute approximate surface area is 124 Å². The molecule has 1 atom stereocenters. The van der Waals surface area contributed by atoms with Gasteiger partial charge in [0, 0.05) is 6.04 Å². The maximum Gasteiger partial charge on any atom is 0.309 e. The molecule has 2 rings (SSSR count). The maximum absolute atomic E-state index is 11.7. The molecule has 1 fully saturated rings. The van der Waals surface area contributed by atoms with E-state index in [-0.39, 0.29) is 30.9 Å². The fourth-order valence-corrected chi connectivity index (χ4v) is 2.10. The van der Waals surface area contributed by atoms with E-state index in [9.17, 15) is 9.59 Å². The summed E-state index contributed by atoms with van der Waals surface area (Å²) >= 11 is 0. The summed E-state index contributed by atoms with van der Waals surface area (Å²) in [4.78, 5) is 22.9. The Morgan fingerprint density at radius 2 is 1.95 bits per heavy atom. The minimum Gasteiger partial charge on any atom is -0.484 e. The maximum atomic E-state index is 11.7. The van der Waals surface area contributed by atoms with Gasteiger partial charge in [0.1, 0.15) is 5.75 Å². The first-order valence-electron chi connectivity index (χ1n) is 7.16. The summed E-state index contributed by atoms with van der Waals surface area (Å²) in [5.41, 5.74) is 0.848. The van der Waals surface area contributed by atoms with Crippen LogP contribution < -0.4 is 10.1 Å². The lowest BCUT2D eigenvalue weighted by Gasteiger charge is -2.13. The predicted octanol–water partition coefficient (Wildman–Crippen LogP) is 1.70. The van der Waals surface area contributed by atoms with E-state index in [2.05, 4.69) is 10.1 Å². The lowest BCUT2D eigenvalue weighted by atomic mass is 10.1. The van der Waals surface area contributed by atoms with Gasteiger partial charge in [0.2, 0.25) is 0 Å². The van der Waals surface area contributed by atoms with Crippen LogP contribution in [0.25, 0.3) is 0 Å². The van der Waals surface area contributed by atoms with Crippen LogP contribution in [0, 0.1) is 5.92 Å². The van der Waals surface area contributed by atoms with Crippen molar-refractivity contribution in [2.24, 2.45) is 5.92 Å². The van der Waals surface area contributed by atoms with Crippen molar-refractivity contribution < 1.29 is 19.1 Å². The zero-order valence-electron chi connectivity index (χ0n) is 12.4. The van der Waals surface area contributed by atoms with Crippen LogP contribution in [0.1, 0.15) is 25.3 Å². The van der Waals surface area contributed by atoms with E-state index in [1.165, 1.54) is 20.0 Å². The van der Waals surface area contributed by atoms with Gasteiger partial charge in [-0.3, -0.25) is 9.59 Å². The van der Waals surface area contributed by atoms with Crippen molar-refractivity contribution in [3.05, 3.63) is 29.8 Å². The van der Waals surface area contributed by atoms with Crippen LogP contribution in [0.3, 0.4) is 0 Å². The topological polar surface area (TPSA) is 64.6 Å². The molecule has 114 valence electrons. The smallest absolute Gasteiger partial charge is 0.309 e. The molecule has 21 heavy (non-hydrogen) atoms. The Hall–Kier alpha value is -2.04. The molecule has 1 amide bonds. The highest BCUT2D eigenvalue weighted by Gasteiger charge is 2.28. The molecule has 1 aliphatic carbocycles. The summed E-state index contributed by atoms with van der Waals surface area (Å²) in [5.74, 6) is 0.856. The third-order valence-electron chi connectivity index (χ3n) is 3.59. The first-order chi connectivity index (χ1) is 10.1. The number of nitrogens with one attached hydrogen (secondary N) is 1. The van der Waals surface area contributed by atoms with Crippen molar-refractivity contribution in [1.82, 2.24) is 5.32 Å². The lowest BCUT2D eigenvalue weighted by Crippen LogP contribution is -2.37. The second kappa shape index (κ2) is 7.11. The highest BCUT2D eigenvalue weighted by molar-refractivity contribution is 5.77. The van der Waals surface area contributed by atoms with E-state index in [0.29, 0.717) is 11.7 Å². The Balaban J connectivity index is 1.74. The molecule has 0 aromatic heterocycles. The van der Waals surface area contributed by atoms with E-state index < -0.39 is 0 Å². The number of amides is 1. The Kier molecular flexibility index (Phi) is 5.20. The van der Waals surface area contributed by atoms with Crippen LogP contribution >= 0.6 is 0 Å². The normalized spacial score (nSPS) is 15.1. The van der Waals surface area contributed by atoms with Crippen LogP contribution in [0.5, 0.6) is 5.75 Å². The molecular formula is C16H21NO4. The summed E-state index contributed by atoms with van der Waals surface area (Å²) in [6.07, 6.45) is 2.63. The van der Waals surface area contributed by atoms with Crippen molar-refractivity contribution in [2.45, 2.75) is 32.2 Å². The summed E-state index contributed by atoms with van der Waals surface area (Å²) in [6.45, 7) is 2.03. The van der Waals surface area contributed by atoms with Crippen LogP contribution in [-0.4, -0.2) is 31.6 Å². The zero-order chi connectivity index (χ0) is 15.2. The van der Waals surface area contributed by atoms with Crippen molar-refractivity contribution in [2.75, 3.05) is 13.7 Å². The molecule has 1 aromatic rings. The van der Waals surface area contributed by atoms with Crippen molar-refractivity contribution in [3.8, 4) is 5.75 Å². The van der Waals surface area contributed by atoms with E-state index in [1.54, 1.807) is 24.3 Å². The molecule has 1 aliphatic rings. The summed E-state index contributed by atoms with van der Waals surface area (Å²) in [6, 6.07) is 7.29. The number of rotatable bonds is 7. The number of carbonyl (C=O) groups is 2. The molecule has 0 heterocycles. The number of carbonyl (C=O) groups excluding carboxylic acids is 2. The Morgan fingerprint density at radius 3 is 2.52 bits per heavy atom. The van der Waals surface area contributed by atoms with Crippen molar-refractivity contribution in [1.29, 1.82) is 0 Å². The highest BCUT2D eigenvalue weighted by atomic mass is 16.5. The third kappa shape index (κ3) is 5.10. The molecule has 1 saturated carbocycles. The van der Waals surface area contributed by atoms with Crippen LogP contribution in [0.4, 0.5) is 0 Å². The second-order valence-corrected chi connectivity index (χ2v) is 5.38. The van der Waals surface area contributed by atoms with Crippen LogP contribution in [0.2, 0.25) is 0 Å². The second-order valence-electron chi connectivity index (χ2n) is 5.38. The predicted molar refractivity (Wildman–Crippen MR) is 78.0 cm³/mol. The average Bonchev–Trinajstić information content (AvgIpc) is 3.31. The Bertz CT molecular complexity index is 494. The number of ether oxygens (including phenoxy) is 2. The van der Waals surface area contributed by atoms with Gasteiger partial charge in [0.05, 0.1) is 13.5 Å². The molecule has 0 aliphatic heterocycles. The molecule has 5 heteroatoms. The lowest BCUT2D eigenvalue weighted by molar-refractivity contribution is -0.139. The quantitative estimate of drug-likeness (QED) is 0.777. The molecule has 0 unspecified atom stereocenters. The largest absolute Gasteiger partial charge is 0.484 e. The van der Waals surface area contributed by atoms with Crippen LogP contribution in [0.15, 0.2) is 24.3 Å². The highest BCUT2D eigenvalue weighted by Crippen LogP contribution is 2.32. The summed E-state index contributed by atoms with van der Waals surface area (Å²) in [7, 11) is 1.36. The van der Waals surface area contributed by atoms with Gasteiger partial charge in [-0.05, 0) is 43.4 Å². The number of hydrogen-bond donors (Lipinski definition) is 1. The van der Waals surface area contributed by atoms with Gasteiger partial charge in [0.25, 0.3) is 5.91 Å². The zero-order valence-corrected chi connectivity index (χ0v) is 12.4. The van der Waals surface area contributed by atoms with Crippen molar-refractivity contribution >= 4 is 11.9 Å². The van der Waals surface area contributed by atoms with Gasteiger partial charge in [0.15, 0.2) is 6.61 Å². The summed E-state index contributed by atoms with van der Waals surface area (Å²) < 4.78 is 10.0. The fraction of sp³-hybridized carbons (Fsp3) is 0.500. The van der Waals surface area contributed by atoms with Gasteiger partial charge in [-0.15, -0.1) is 0 Å². The van der Waals surface area contributed by atoms with E-state index in [4.69, 9.17) is 4.74 Å². The van der Waals surface area contributed by atoms with Gasteiger partial charge in [-0.2, -0.15) is 0 Å². The van der Waals surface area contributed by atoms with E-state index in [1.807, 2.05) is 6.92 Å². The minimum atomic E-state index is -0.280. The summed E-state index contributed by atoms with van der Waals surface area (Å²) in [5, 5.41) is 2.93. The van der Waals surface area contributed by atoms with Gasteiger partial charge in [-0.25, -0.2) is 0 Å². The third-order valence-corrected chi connectivity index (χ3v) is 3.59. The van der Waals surface area contributed by atoms with E-state index >= 15 is 0 Å². The molecule has 1 aromatic carbocycles. The van der Waals surface area contributed by atoms with Crippen molar-refractivity contribution in [3.63, 3.8) is 0 Å². The molecule has 5 nitrogen and oxygen atoms in total. The number of methoxy groups -OCH3 is 1. The molecule has 1 N–H and O–H groups in total. The first kappa shape index (κ1) is 15.4. The minimum absolute atomic E-state index is 0.00735. The molecule has 0 radical (unpaired) electrons. The Morgan fingerprint density at radius 1 is 1.29 bits per heavy atom. The molecule has 0 saturated heterocycles. The van der Waals surface area contributed by atoms with Gasteiger partial charge in [-0.1, -0.05) is 12.1 Å². The number of benzene rings is 1. The van der Waals surface area contributed by atoms with Gasteiger partial charge >= 0.3 is 5.97 Å². The standard InChI is InChI=1S/C16H21NO4/c1-11(13-5-6-13)17-15(18)10-21-14-7-3-12(4-8-14)9-16(19)20-2/h3-4,7-8,11,13H,5-6,9-10H2,1-2H3,(H,17,18)/t11-/m1/s1. The van der Waals surface area contributed by atoms with Gasteiger partial charge < -0.3 is 14.8 Å². The monoisotopic (exact) mass is 291 g/mol.